The van der Waals surface area contributed by atoms with Crippen molar-refractivity contribution in [3.05, 3.63) is 57.9 Å². The first-order chi connectivity index (χ1) is 12.1. The molecule has 6 nitrogen and oxygen atoms in total. The van der Waals surface area contributed by atoms with Crippen LogP contribution in [0.2, 0.25) is 0 Å². The van der Waals surface area contributed by atoms with Crippen LogP contribution in [0.3, 0.4) is 0 Å². The Labute approximate surface area is 145 Å². The van der Waals surface area contributed by atoms with E-state index in [4.69, 9.17) is 9.47 Å². The first kappa shape index (κ1) is 18.5. The van der Waals surface area contributed by atoms with Crippen LogP contribution in [0.1, 0.15) is 19.4 Å². The van der Waals surface area contributed by atoms with E-state index >= 15 is 0 Å². The number of nitro groups is 1. The minimum Gasteiger partial charge on any atom is -0.490 e. The Morgan fingerprint density at radius 3 is 2.52 bits per heavy atom. The molecule has 0 aliphatic heterocycles. The zero-order chi connectivity index (χ0) is 18.2. The average molecular weight is 348 g/mol. The second kappa shape index (κ2) is 8.86. The van der Waals surface area contributed by atoms with E-state index in [1.807, 2.05) is 32.0 Å². The molecule has 0 unspecified atom stereocenters. The van der Waals surface area contributed by atoms with Gasteiger partial charge in [0.05, 0.1) is 18.1 Å². The Hall–Kier alpha value is -2.83. The molecule has 0 heterocycles. The Morgan fingerprint density at radius 1 is 1.12 bits per heavy atom. The Bertz CT molecular complexity index is 737. The van der Waals surface area contributed by atoms with Gasteiger partial charge in [0.25, 0.3) is 0 Å². The van der Waals surface area contributed by atoms with Crippen molar-refractivity contribution in [3.63, 3.8) is 0 Å². The number of nitro benzene ring substituents is 1. The van der Waals surface area contributed by atoms with Crippen LogP contribution in [-0.2, 0) is 6.42 Å². The largest absolute Gasteiger partial charge is 0.490 e. The molecule has 1 N–H and O–H groups in total. The highest BCUT2D eigenvalue weighted by atomic mass is 19.1. The number of anilines is 1. The fourth-order valence-electron chi connectivity index (χ4n) is 2.44. The molecule has 0 radical (unpaired) electrons. The number of hydrogen-bond acceptors (Lipinski definition) is 5. The van der Waals surface area contributed by atoms with E-state index in [1.54, 1.807) is 0 Å². The van der Waals surface area contributed by atoms with Crippen molar-refractivity contribution < 1.29 is 18.8 Å². The van der Waals surface area contributed by atoms with Crippen molar-refractivity contribution in [2.24, 2.45) is 0 Å². The summed E-state index contributed by atoms with van der Waals surface area (Å²) in [4.78, 5) is 10.3. The molecule has 0 bridgehead atoms. The summed E-state index contributed by atoms with van der Waals surface area (Å²) in [7, 11) is 0. The Kier molecular flexibility index (Phi) is 6.56. The highest BCUT2D eigenvalue weighted by Gasteiger charge is 2.19. The third-order valence-electron chi connectivity index (χ3n) is 3.51. The van der Waals surface area contributed by atoms with Crippen LogP contribution in [0, 0.1) is 15.9 Å². The molecule has 0 aliphatic carbocycles. The van der Waals surface area contributed by atoms with Crippen molar-refractivity contribution in [2.75, 3.05) is 25.1 Å². The molecule has 0 aliphatic rings. The van der Waals surface area contributed by atoms with Crippen molar-refractivity contribution in [3.8, 4) is 11.5 Å². The molecule has 7 heteroatoms. The lowest BCUT2D eigenvalue weighted by Gasteiger charge is -2.13. The van der Waals surface area contributed by atoms with E-state index in [9.17, 15) is 14.5 Å². The number of rotatable bonds is 9. The van der Waals surface area contributed by atoms with Gasteiger partial charge in [-0.25, -0.2) is 0 Å². The summed E-state index contributed by atoms with van der Waals surface area (Å²) >= 11 is 0. The number of nitrogens with one attached hydrogen (secondary N) is 1. The highest BCUT2D eigenvalue weighted by Crippen LogP contribution is 2.29. The van der Waals surface area contributed by atoms with E-state index in [1.165, 1.54) is 12.1 Å². The molecule has 0 saturated heterocycles. The summed E-state index contributed by atoms with van der Waals surface area (Å²) < 4.78 is 24.7. The van der Waals surface area contributed by atoms with Gasteiger partial charge >= 0.3 is 5.69 Å². The SMILES string of the molecule is CCOc1ccc(CCNc2cccc(F)c2[N+](=O)[O-])cc1OCC. The smallest absolute Gasteiger partial charge is 0.327 e. The Balaban J connectivity index is 2.06. The zero-order valence-electron chi connectivity index (χ0n) is 14.3. The summed E-state index contributed by atoms with van der Waals surface area (Å²) in [5.74, 6) is 0.495. The van der Waals surface area contributed by atoms with Crippen LogP contribution in [-0.4, -0.2) is 24.7 Å². The fraction of sp³-hybridized carbons (Fsp3) is 0.333. The van der Waals surface area contributed by atoms with Gasteiger partial charge in [0.1, 0.15) is 5.69 Å². The first-order valence-corrected chi connectivity index (χ1v) is 8.12. The second-order valence-corrected chi connectivity index (χ2v) is 5.22. The van der Waals surface area contributed by atoms with Gasteiger partial charge in [-0.05, 0) is 50.1 Å². The number of benzene rings is 2. The van der Waals surface area contributed by atoms with Crippen LogP contribution >= 0.6 is 0 Å². The predicted molar refractivity (Wildman–Crippen MR) is 94.0 cm³/mol. The van der Waals surface area contributed by atoms with E-state index in [2.05, 4.69) is 5.32 Å². The molecule has 2 rings (SSSR count). The predicted octanol–water partition coefficient (Wildman–Crippen LogP) is 4.19. The van der Waals surface area contributed by atoms with Gasteiger partial charge in [0, 0.05) is 6.54 Å². The van der Waals surface area contributed by atoms with Gasteiger partial charge in [-0.1, -0.05) is 12.1 Å². The van der Waals surface area contributed by atoms with Crippen LogP contribution < -0.4 is 14.8 Å². The maximum absolute atomic E-state index is 13.6. The van der Waals surface area contributed by atoms with Crippen molar-refractivity contribution in [1.29, 1.82) is 0 Å². The van der Waals surface area contributed by atoms with Gasteiger partial charge in [-0.3, -0.25) is 10.1 Å². The average Bonchev–Trinajstić information content (AvgIpc) is 2.57. The number of hydrogen-bond donors (Lipinski definition) is 1. The van der Waals surface area contributed by atoms with Crippen LogP contribution in [0.4, 0.5) is 15.8 Å². The lowest BCUT2D eigenvalue weighted by Crippen LogP contribution is -2.08. The standard InChI is InChI=1S/C18H21FN2O4/c1-3-24-16-9-8-13(12-17(16)25-4-2)10-11-20-15-7-5-6-14(19)18(15)21(22)23/h5-9,12,20H,3-4,10-11H2,1-2H3. The van der Waals surface area contributed by atoms with Gasteiger partial charge in [0.2, 0.25) is 5.82 Å². The minimum absolute atomic E-state index is 0.168. The zero-order valence-corrected chi connectivity index (χ0v) is 14.3. The first-order valence-electron chi connectivity index (χ1n) is 8.12. The summed E-state index contributed by atoms with van der Waals surface area (Å²) in [6.45, 7) is 5.29. The quantitative estimate of drug-likeness (QED) is 0.543. The number of ether oxygens (including phenoxy) is 2. The molecular weight excluding hydrogens is 327 g/mol. The van der Waals surface area contributed by atoms with Crippen LogP contribution in [0.5, 0.6) is 11.5 Å². The topological polar surface area (TPSA) is 73.6 Å². The van der Waals surface area contributed by atoms with Gasteiger partial charge in [-0.15, -0.1) is 0 Å². The number of nitrogens with zero attached hydrogens (tertiary/aromatic N) is 1. The van der Waals surface area contributed by atoms with Gasteiger partial charge < -0.3 is 14.8 Å². The molecule has 2 aromatic carbocycles. The van der Waals surface area contributed by atoms with E-state index < -0.39 is 16.4 Å². The molecule has 0 fully saturated rings. The summed E-state index contributed by atoms with van der Waals surface area (Å²) in [6, 6.07) is 9.64. The van der Waals surface area contributed by atoms with Gasteiger partial charge in [0.15, 0.2) is 11.5 Å². The van der Waals surface area contributed by atoms with E-state index in [-0.39, 0.29) is 5.69 Å². The van der Waals surface area contributed by atoms with Crippen molar-refractivity contribution >= 4 is 11.4 Å². The molecular formula is C18H21FN2O4. The monoisotopic (exact) mass is 348 g/mol. The third-order valence-corrected chi connectivity index (χ3v) is 3.51. The maximum Gasteiger partial charge on any atom is 0.327 e. The molecule has 0 atom stereocenters. The highest BCUT2D eigenvalue weighted by molar-refractivity contribution is 5.62. The van der Waals surface area contributed by atoms with Crippen LogP contribution in [0.15, 0.2) is 36.4 Å². The maximum atomic E-state index is 13.6. The summed E-state index contributed by atoms with van der Waals surface area (Å²) in [5, 5.41) is 13.9. The van der Waals surface area contributed by atoms with E-state index in [0.717, 1.165) is 11.6 Å². The normalized spacial score (nSPS) is 10.4. The fourth-order valence-corrected chi connectivity index (χ4v) is 2.44. The molecule has 0 amide bonds. The van der Waals surface area contributed by atoms with E-state index in [0.29, 0.717) is 37.7 Å². The molecule has 2 aromatic rings. The molecule has 0 spiro atoms. The lowest BCUT2D eigenvalue weighted by molar-refractivity contribution is -0.386. The second-order valence-electron chi connectivity index (χ2n) is 5.22. The lowest BCUT2D eigenvalue weighted by atomic mass is 10.1. The molecule has 25 heavy (non-hydrogen) atoms. The van der Waals surface area contributed by atoms with Crippen molar-refractivity contribution in [2.45, 2.75) is 20.3 Å². The number of halogens is 1. The van der Waals surface area contributed by atoms with Crippen LogP contribution in [0.25, 0.3) is 0 Å². The van der Waals surface area contributed by atoms with Crippen molar-refractivity contribution in [1.82, 2.24) is 0 Å². The summed E-state index contributed by atoms with van der Waals surface area (Å²) in [5.41, 5.74) is 0.614. The molecule has 134 valence electrons. The summed E-state index contributed by atoms with van der Waals surface area (Å²) in [6.07, 6.45) is 0.597. The minimum atomic E-state index is -0.852. The molecule has 0 aromatic heterocycles. The number of para-hydroxylation sites is 1. The molecule has 0 saturated carbocycles. The third kappa shape index (κ3) is 4.82. The van der Waals surface area contributed by atoms with Gasteiger partial charge in [-0.2, -0.15) is 4.39 Å². The Morgan fingerprint density at radius 2 is 1.84 bits per heavy atom.